The average molecular weight is 306 g/mol. The van der Waals surface area contributed by atoms with Crippen molar-refractivity contribution < 1.29 is 17.6 Å². The van der Waals surface area contributed by atoms with Crippen LogP contribution in [0, 0.1) is 0 Å². The number of nitrogens with one attached hydrogen (secondary N) is 1. The van der Waals surface area contributed by atoms with Crippen molar-refractivity contribution in [3.63, 3.8) is 0 Å². The van der Waals surface area contributed by atoms with E-state index in [1.54, 1.807) is 17.1 Å². The third kappa shape index (κ3) is 2.93. The van der Waals surface area contributed by atoms with Gasteiger partial charge in [-0.3, -0.25) is 0 Å². The van der Waals surface area contributed by atoms with Gasteiger partial charge in [0, 0.05) is 5.39 Å². The Hall–Kier alpha value is -2.83. The van der Waals surface area contributed by atoms with Gasteiger partial charge in [-0.15, -0.1) is 0 Å². The number of alkyl halides is 3. The van der Waals surface area contributed by atoms with Crippen molar-refractivity contribution in [2.24, 2.45) is 0 Å². The molecular weight excluding hydrogens is 297 g/mol. The summed E-state index contributed by atoms with van der Waals surface area (Å²) in [6, 6.07) is 9.79. The summed E-state index contributed by atoms with van der Waals surface area (Å²) in [6.45, 7) is 0. The first-order valence-corrected chi connectivity index (χ1v) is 6.27. The van der Waals surface area contributed by atoms with Crippen LogP contribution >= 0.6 is 0 Å². The third-order valence-corrected chi connectivity index (χ3v) is 2.93. The highest BCUT2D eigenvalue weighted by Crippen LogP contribution is 2.27. The summed E-state index contributed by atoms with van der Waals surface area (Å²) in [4.78, 5) is 16.3. The van der Waals surface area contributed by atoms with E-state index in [0.29, 0.717) is 11.3 Å². The average Bonchev–Trinajstić information content (AvgIpc) is 2.86. The molecule has 0 bridgehead atoms. The van der Waals surface area contributed by atoms with E-state index in [4.69, 9.17) is 4.42 Å². The number of nitrogens with zero attached hydrogens (tertiary/aromatic N) is 1. The Morgan fingerprint density at radius 3 is 2.64 bits per heavy atom. The second-order valence-electron chi connectivity index (χ2n) is 4.54. The van der Waals surface area contributed by atoms with Crippen molar-refractivity contribution in [3.05, 3.63) is 64.0 Å². The number of benzene rings is 1. The van der Waals surface area contributed by atoms with E-state index in [1.807, 2.05) is 18.2 Å². The minimum absolute atomic E-state index is 0.100. The van der Waals surface area contributed by atoms with Crippen LogP contribution in [-0.2, 0) is 6.18 Å². The number of aromatic amines is 1. The molecule has 3 rings (SSSR count). The van der Waals surface area contributed by atoms with Gasteiger partial charge in [0.2, 0.25) is 0 Å². The van der Waals surface area contributed by atoms with Gasteiger partial charge in [-0.2, -0.15) is 18.2 Å². The molecule has 2 aromatic heterocycles. The van der Waals surface area contributed by atoms with E-state index in [1.165, 1.54) is 12.2 Å². The largest absolute Gasteiger partial charge is 0.457 e. The van der Waals surface area contributed by atoms with Gasteiger partial charge in [0.25, 0.3) is 0 Å². The molecule has 1 N–H and O–H groups in total. The lowest BCUT2D eigenvalue weighted by Gasteiger charge is -2.05. The van der Waals surface area contributed by atoms with Gasteiger partial charge in [0.1, 0.15) is 17.0 Å². The number of para-hydroxylation sites is 1. The molecule has 0 saturated carbocycles. The molecule has 1 aromatic carbocycles. The van der Waals surface area contributed by atoms with E-state index in [2.05, 4.69) is 4.98 Å². The van der Waals surface area contributed by atoms with Crippen LogP contribution in [0.25, 0.3) is 23.1 Å². The van der Waals surface area contributed by atoms with E-state index in [0.717, 1.165) is 11.5 Å². The predicted octanol–water partition coefficient (Wildman–Crippen LogP) is 3.71. The Bertz CT molecular complexity index is 874. The maximum atomic E-state index is 12.6. The summed E-state index contributed by atoms with van der Waals surface area (Å²) in [5.74, 6) is 0.455. The summed E-state index contributed by atoms with van der Waals surface area (Å²) in [5.41, 5.74) is -1.63. The molecule has 4 nitrogen and oxygen atoms in total. The Morgan fingerprint density at radius 1 is 1.14 bits per heavy atom. The number of furan rings is 1. The molecule has 0 radical (unpaired) electrons. The van der Waals surface area contributed by atoms with Gasteiger partial charge >= 0.3 is 11.9 Å². The van der Waals surface area contributed by atoms with Gasteiger partial charge in [-0.1, -0.05) is 18.2 Å². The minimum atomic E-state index is -4.63. The molecule has 112 valence electrons. The van der Waals surface area contributed by atoms with Crippen molar-refractivity contribution >= 4 is 23.1 Å². The normalized spacial score (nSPS) is 12.3. The van der Waals surface area contributed by atoms with Crippen molar-refractivity contribution in [2.75, 3.05) is 0 Å². The molecule has 22 heavy (non-hydrogen) atoms. The highest BCUT2D eigenvalue weighted by molar-refractivity contribution is 5.81. The zero-order valence-electron chi connectivity index (χ0n) is 11.0. The van der Waals surface area contributed by atoms with Crippen LogP contribution in [0.1, 0.15) is 17.1 Å². The van der Waals surface area contributed by atoms with Crippen molar-refractivity contribution in [1.82, 2.24) is 9.97 Å². The molecule has 0 saturated heterocycles. The zero-order chi connectivity index (χ0) is 15.7. The lowest BCUT2D eigenvalue weighted by atomic mass is 10.2. The summed E-state index contributed by atoms with van der Waals surface area (Å²) < 4.78 is 43.3. The second-order valence-corrected chi connectivity index (χ2v) is 4.54. The van der Waals surface area contributed by atoms with Gasteiger partial charge in [0.05, 0.1) is 5.69 Å². The fourth-order valence-corrected chi connectivity index (χ4v) is 1.97. The number of hydrogen-bond donors (Lipinski definition) is 1. The first-order chi connectivity index (χ1) is 10.4. The topological polar surface area (TPSA) is 58.9 Å². The number of aromatic nitrogens is 2. The van der Waals surface area contributed by atoms with Crippen LogP contribution in [-0.4, -0.2) is 9.97 Å². The summed E-state index contributed by atoms with van der Waals surface area (Å²) >= 11 is 0. The van der Waals surface area contributed by atoms with Gasteiger partial charge in [-0.05, 0) is 30.4 Å². The summed E-state index contributed by atoms with van der Waals surface area (Å²) in [7, 11) is 0. The predicted molar refractivity (Wildman–Crippen MR) is 75.0 cm³/mol. The van der Waals surface area contributed by atoms with E-state index in [9.17, 15) is 18.0 Å². The molecule has 0 aliphatic carbocycles. The fraction of sp³-hybridized carbons (Fsp3) is 0.0667. The summed E-state index contributed by atoms with van der Waals surface area (Å²) in [6.07, 6.45) is -1.88. The van der Waals surface area contributed by atoms with Crippen molar-refractivity contribution in [2.45, 2.75) is 6.18 Å². The van der Waals surface area contributed by atoms with Crippen molar-refractivity contribution in [1.29, 1.82) is 0 Å². The van der Waals surface area contributed by atoms with E-state index in [-0.39, 0.29) is 5.69 Å². The van der Waals surface area contributed by atoms with Crippen LogP contribution in [0.3, 0.4) is 0 Å². The lowest BCUT2D eigenvalue weighted by Crippen LogP contribution is -2.19. The minimum Gasteiger partial charge on any atom is -0.457 e. The Balaban J connectivity index is 1.95. The number of halogens is 3. The van der Waals surface area contributed by atoms with Crippen LogP contribution in [0.4, 0.5) is 13.2 Å². The molecule has 0 aliphatic rings. The Morgan fingerprint density at radius 2 is 1.91 bits per heavy atom. The molecule has 2 heterocycles. The molecule has 0 unspecified atom stereocenters. The Labute approximate surface area is 121 Å². The molecule has 7 heteroatoms. The van der Waals surface area contributed by atoms with Gasteiger partial charge < -0.3 is 9.40 Å². The lowest BCUT2D eigenvalue weighted by molar-refractivity contribution is -0.141. The molecular formula is C15H9F3N2O2. The summed E-state index contributed by atoms with van der Waals surface area (Å²) in [5, 5.41) is 0.872. The maximum Gasteiger partial charge on any atom is 0.431 e. The van der Waals surface area contributed by atoms with E-state index < -0.39 is 17.6 Å². The first-order valence-electron chi connectivity index (χ1n) is 6.27. The molecule has 3 aromatic rings. The van der Waals surface area contributed by atoms with Crippen LogP contribution in [0.5, 0.6) is 0 Å². The molecule has 0 amide bonds. The quantitative estimate of drug-likeness (QED) is 0.785. The first kappa shape index (κ1) is 14.1. The van der Waals surface area contributed by atoms with Crippen LogP contribution in [0.2, 0.25) is 0 Å². The number of rotatable bonds is 2. The standard InChI is InChI=1S/C15H9F3N2O2/c16-15(17,18)13-8-10(19-14(21)20-13)5-6-11-7-9-3-1-2-4-12(9)22-11/h1-8H,(H,19,20,21)/b6-5+. The molecule has 0 aliphatic heterocycles. The van der Waals surface area contributed by atoms with E-state index >= 15 is 0 Å². The smallest absolute Gasteiger partial charge is 0.431 e. The molecule has 0 fully saturated rings. The zero-order valence-corrected chi connectivity index (χ0v) is 11.0. The van der Waals surface area contributed by atoms with Crippen LogP contribution in [0.15, 0.2) is 45.6 Å². The number of hydrogen-bond acceptors (Lipinski definition) is 3. The SMILES string of the molecule is O=c1nc(/C=C/c2cc3ccccc3o2)cc(C(F)(F)F)[nH]1. The highest BCUT2D eigenvalue weighted by Gasteiger charge is 2.32. The molecule has 0 atom stereocenters. The monoisotopic (exact) mass is 306 g/mol. The highest BCUT2D eigenvalue weighted by atomic mass is 19.4. The van der Waals surface area contributed by atoms with Crippen LogP contribution < -0.4 is 5.69 Å². The molecule has 0 spiro atoms. The fourth-order valence-electron chi connectivity index (χ4n) is 1.97. The van der Waals surface area contributed by atoms with Crippen molar-refractivity contribution in [3.8, 4) is 0 Å². The number of fused-ring (bicyclic) bond motifs is 1. The van der Waals surface area contributed by atoms with Gasteiger partial charge in [0.15, 0.2) is 0 Å². The van der Waals surface area contributed by atoms with Gasteiger partial charge in [-0.25, -0.2) is 4.79 Å². The number of H-pyrrole nitrogens is 1. The third-order valence-electron chi connectivity index (χ3n) is 2.93. The maximum absolute atomic E-state index is 12.6. The second kappa shape index (κ2) is 5.18. The Kier molecular flexibility index (Phi) is 3.32.